The van der Waals surface area contributed by atoms with Gasteiger partial charge in [0.05, 0.1) is 6.07 Å². The van der Waals surface area contributed by atoms with E-state index in [1.165, 1.54) is 0 Å². The first-order chi connectivity index (χ1) is 7.13. The van der Waals surface area contributed by atoms with Crippen LogP contribution in [-0.2, 0) is 4.79 Å². The van der Waals surface area contributed by atoms with Gasteiger partial charge < -0.3 is 10.5 Å². The standard InChI is InChI=1S/C10H8ClN2O2/c11-8-1-3-9(4-2-8)15-6-7(5-12)10(13)14/h1-4H,6H2,(H2,13,14). The van der Waals surface area contributed by atoms with Crippen LogP contribution in [0.1, 0.15) is 0 Å². The number of carbonyl (C=O) groups is 1. The number of hydrogen-bond acceptors (Lipinski definition) is 3. The van der Waals surface area contributed by atoms with E-state index < -0.39 is 5.91 Å². The molecule has 1 radical (unpaired) electrons. The van der Waals surface area contributed by atoms with E-state index in [0.29, 0.717) is 10.8 Å². The Morgan fingerprint density at radius 2 is 2.07 bits per heavy atom. The monoisotopic (exact) mass is 223 g/mol. The third kappa shape index (κ3) is 3.49. The van der Waals surface area contributed by atoms with E-state index in [1.807, 2.05) is 0 Å². The molecule has 5 heteroatoms. The average Bonchev–Trinajstić information content (AvgIpc) is 2.21. The van der Waals surface area contributed by atoms with Crippen molar-refractivity contribution in [3.8, 4) is 11.8 Å². The van der Waals surface area contributed by atoms with Gasteiger partial charge >= 0.3 is 0 Å². The minimum atomic E-state index is -0.772. The number of nitrogens with zero attached hydrogens (tertiary/aromatic N) is 1. The van der Waals surface area contributed by atoms with Crippen LogP contribution < -0.4 is 10.5 Å². The van der Waals surface area contributed by atoms with E-state index in [0.717, 1.165) is 0 Å². The quantitative estimate of drug-likeness (QED) is 0.836. The summed E-state index contributed by atoms with van der Waals surface area (Å²) in [4.78, 5) is 10.7. The Hall–Kier alpha value is -1.73. The Balaban J connectivity index is 2.54. The van der Waals surface area contributed by atoms with Gasteiger partial charge in [-0.3, -0.25) is 4.79 Å². The lowest BCUT2D eigenvalue weighted by atomic mass is 10.2. The zero-order valence-electron chi connectivity index (χ0n) is 7.74. The summed E-state index contributed by atoms with van der Waals surface area (Å²) < 4.78 is 5.16. The maximum absolute atomic E-state index is 10.7. The lowest BCUT2D eigenvalue weighted by Gasteiger charge is -2.07. The molecule has 2 N–H and O–H groups in total. The minimum Gasteiger partial charge on any atom is -0.491 e. The number of rotatable bonds is 4. The van der Waals surface area contributed by atoms with Gasteiger partial charge in [0.2, 0.25) is 5.91 Å². The first-order valence-corrected chi connectivity index (χ1v) is 4.45. The molecule has 0 bridgehead atoms. The number of benzene rings is 1. The molecule has 0 spiro atoms. The maximum Gasteiger partial charge on any atom is 0.243 e. The van der Waals surface area contributed by atoms with Crippen molar-refractivity contribution < 1.29 is 9.53 Å². The van der Waals surface area contributed by atoms with Crippen molar-refractivity contribution in [1.29, 1.82) is 5.26 Å². The van der Waals surface area contributed by atoms with Crippen LogP contribution in [0.3, 0.4) is 0 Å². The molecule has 0 unspecified atom stereocenters. The van der Waals surface area contributed by atoms with Crippen LogP contribution >= 0.6 is 11.6 Å². The third-order valence-electron chi connectivity index (χ3n) is 1.63. The molecule has 0 aromatic heterocycles. The molecule has 0 aliphatic rings. The zero-order chi connectivity index (χ0) is 11.3. The molecule has 0 aliphatic heterocycles. The molecule has 0 saturated heterocycles. The molecular formula is C10H8ClN2O2. The first kappa shape index (κ1) is 11.3. The van der Waals surface area contributed by atoms with Gasteiger partial charge in [-0.2, -0.15) is 5.26 Å². The Bertz CT molecular complexity index is 383. The van der Waals surface area contributed by atoms with Gasteiger partial charge in [0, 0.05) is 5.02 Å². The number of primary amides is 1. The lowest BCUT2D eigenvalue weighted by molar-refractivity contribution is -0.116. The zero-order valence-corrected chi connectivity index (χ0v) is 8.49. The van der Waals surface area contributed by atoms with E-state index in [1.54, 1.807) is 30.3 Å². The summed E-state index contributed by atoms with van der Waals surface area (Å²) >= 11 is 5.66. The second-order valence-corrected chi connectivity index (χ2v) is 3.13. The molecule has 1 rings (SSSR count). The molecule has 0 aliphatic carbocycles. The van der Waals surface area contributed by atoms with Gasteiger partial charge in [-0.1, -0.05) is 11.6 Å². The van der Waals surface area contributed by atoms with Gasteiger partial charge in [0.15, 0.2) is 5.92 Å². The topological polar surface area (TPSA) is 76.1 Å². The van der Waals surface area contributed by atoms with Gasteiger partial charge in [-0.15, -0.1) is 0 Å². The van der Waals surface area contributed by atoms with E-state index in [2.05, 4.69) is 0 Å². The molecule has 1 aromatic carbocycles. The highest BCUT2D eigenvalue weighted by Gasteiger charge is 2.16. The van der Waals surface area contributed by atoms with Crippen molar-refractivity contribution in [3.05, 3.63) is 35.2 Å². The van der Waals surface area contributed by atoms with Crippen molar-refractivity contribution in [1.82, 2.24) is 0 Å². The van der Waals surface area contributed by atoms with Crippen molar-refractivity contribution >= 4 is 17.5 Å². The largest absolute Gasteiger partial charge is 0.491 e. The molecule has 4 nitrogen and oxygen atoms in total. The number of hydrogen-bond donors (Lipinski definition) is 1. The number of carbonyl (C=O) groups excluding carboxylic acids is 1. The Morgan fingerprint density at radius 1 is 1.47 bits per heavy atom. The SMILES string of the molecule is N#C[C](COc1ccc(Cl)cc1)C(N)=O. The summed E-state index contributed by atoms with van der Waals surface area (Å²) in [6, 6.07) is 8.24. The third-order valence-corrected chi connectivity index (χ3v) is 1.88. The van der Waals surface area contributed by atoms with Crippen molar-refractivity contribution in [2.45, 2.75) is 0 Å². The Morgan fingerprint density at radius 3 is 2.53 bits per heavy atom. The molecule has 0 heterocycles. The molecule has 1 amide bonds. The number of halogens is 1. The molecule has 0 atom stereocenters. The van der Waals surface area contributed by atoms with Gasteiger partial charge in [-0.25, -0.2) is 0 Å². The summed E-state index contributed by atoms with van der Waals surface area (Å²) in [5.41, 5.74) is 4.94. The predicted molar refractivity (Wildman–Crippen MR) is 55.0 cm³/mol. The molecule has 15 heavy (non-hydrogen) atoms. The predicted octanol–water partition coefficient (Wildman–Crippen LogP) is 1.30. The highest BCUT2D eigenvalue weighted by atomic mass is 35.5. The summed E-state index contributed by atoms with van der Waals surface area (Å²) in [6.45, 7) is -0.131. The minimum absolute atomic E-state index is 0.120. The normalized spacial score (nSPS) is 9.67. The summed E-state index contributed by atoms with van der Waals surface area (Å²) in [5.74, 6) is -0.371. The van der Waals surface area contributed by atoms with E-state index in [4.69, 9.17) is 27.3 Å². The van der Waals surface area contributed by atoms with Gasteiger partial charge in [0.25, 0.3) is 0 Å². The van der Waals surface area contributed by atoms with Crippen LogP contribution in [0.4, 0.5) is 0 Å². The highest BCUT2D eigenvalue weighted by Crippen LogP contribution is 2.16. The molecule has 1 aromatic rings. The van der Waals surface area contributed by atoms with Crippen molar-refractivity contribution in [3.63, 3.8) is 0 Å². The fraction of sp³-hybridized carbons (Fsp3) is 0.100. The maximum atomic E-state index is 10.7. The molecular weight excluding hydrogens is 216 g/mol. The molecule has 0 fully saturated rings. The summed E-state index contributed by atoms with van der Waals surface area (Å²) in [7, 11) is 0. The lowest BCUT2D eigenvalue weighted by Crippen LogP contribution is -2.25. The van der Waals surface area contributed by atoms with Crippen molar-refractivity contribution in [2.24, 2.45) is 5.73 Å². The second kappa shape index (κ2) is 5.23. The Kier molecular flexibility index (Phi) is 3.95. The fourth-order valence-electron chi connectivity index (χ4n) is 0.845. The summed E-state index contributed by atoms with van der Waals surface area (Å²) in [5, 5.41) is 9.11. The van der Waals surface area contributed by atoms with Crippen LogP contribution in [0.25, 0.3) is 0 Å². The Labute approximate surface area is 92.2 Å². The van der Waals surface area contributed by atoms with Crippen LogP contribution in [0.15, 0.2) is 24.3 Å². The second-order valence-electron chi connectivity index (χ2n) is 2.70. The van der Waals surface area contributed by atoms with Gasteiger partial charge in [-0.05, 0) is 24.3 Å². The summed E-state index contributed by atoms with van der Waals surface area (Å²) in [6.07, 6.45) is 0. The molecule has 0 saturated carbocycles. The van der Waals surface area contributed by atoms with E-state index in [9.17, 15) is 4.79 Å². The van der Waals surface area contributed by atoms with Gasteiger partial charge in [0.1, 0.15) is 12.4 Å². The van der Waals surface area contributed by atoms with Crippen LogP contribution in [-0.4, -0.2) is 12.5 Å². The number of ether oxygens (including phenoxy) is 1. The van der Waals surface area contributed by atoms with Crippen LogP contribution in [0.2, 0.25) is 5.02 Å². The van der Waals surface area contributed by atoms with Crippen molar-refractivity contribution in [2.75, 3.05) is 6.61 Å². The average molecular weight is 224 g/mol. The first-order valence-electron chi connectivity index (χ1n) is 4.07. The number of amides is 1. The highest BCUT2D eigenvalue weighted by molar-refractivity contribution is 6.30. The smallest absolute Gasteiger partial charge is 0.243 e. The van der Waals surface area contributed by atoms with E-state index >= 15 is 0 Å². The van der Waals surface area contributed by atoms with Crippen LogP contribution in [0.5, 0.6) is 5.75 Å². The number of nitriles is 1. The fourth-order valence-corrected chi connectivity index (χ4v) is 0.971. The van der Waals surface area contributed by atoms with E-state index in [-0.39, 0.29) is 12.5 Å². The van der Waals surface area contributed by atoms with Crippen LogP contribution in [0, 0.1) is 17.2 Å². The molecule has 77 valence electrons. The number of nitrogens with two attached hydrogens (primary N) is 1.